The number of aliphatic hydroxyl groups is 2. The molecule has 1 aromatic carbocycles. The van der Waals surface area contributed by atoms with Gasteiger partial charge in [0.2, 0.25) is 0 Å². The number of oxazole rings is 1. The van der Waals surface area contributed by atoms with Crippen molar-refractivity contribution >= 4 is 22.9 Å². The molecule has 2 N–H and O–H groups in total. The molecule has 2 fully saturated rings. The summed E-state index contributed by atoms with van der Waals surface area (Å²) in [6.45, 7) is 12.8. The summed E-state index contributed by atoms with van der Waals surface area (Å²) in [6.07, 6.45) is 1.50. The van der Waals surface area contributed by atoms with Crippen LogP contribution in [0.3, 0.4) is 0 Å². The van der Waals surface area contributed by atoms with E-state index in [2.05, 4.69) is 18.5 Å². The fraction of sp³-hybridized carbons (Fsp3) is 0.633. The Bertz CT molecular complexity index is 1190. The minimum absolute atomic E-state index is 0.0976. The van der Waals surface area contributed by atoms with Gasteiger partial charge in [0.25, 0.3) is 0 Å². The maximum atomic E-state index is 13.6. The Labute approximate surface area is 224 Å². The highest BCUT2D eigenvalue weighted by Gasteiger charge is 2.53. The number of rotatable bonds is 3. The van der Waals surface area contributed by atoms with Gasteiger partial charge in [-0.05, 0) is 49.8 Å². The Morgan fingerprint density at radius 3 is 2.66 bits per heavy atom. The first-order valence-electron chi connectivity index (χ1n) is 13.6. The molecule has 208 valence electrons. The summed E-state index contributed by atoms with van der Waals surface area (Å²) in [5.74, 6) is -1.19. The van der Waals surface area contributed by atoms with Crippen molar-refractivity contribution in [1.29, 1.82) is 0 Å². The van der Waals surface area contributed by atoms with Crippen LogP contribution in [0.4, 0.5) is 0 Å². The Morgan fingerprint density at radius 1 is 1.21 bits per heavy atom. The molecule has 0 saturated carbocycles. The fourth-order valence-electron chi connectivity index (χ4n) is 5.70. The SMILES string of the molecule is C=CC[C@H]1C(=O)C(C)(C)[C@@H](O)CC(=O)O[C@H](c2ccc3oc(C)nc3c2)C[C@H]2O[C@@]2(C)CCC[C@H](C)[C@@H]1O. The molecule has 38 heavy (non-hydrogen) atoms. The summed E-state index contributed by atoms with van der Waals surface area (Å²) in [7, 11) is 0. The van der Waals surface area contributed by atoms with Gasteiger partial charge in [-0.2, -0.15) is 0 Å². The predicted octanol–water partition coefficient (Wildman–Crippen LogP) is 4.99. The van der Waals surface area contributed by atoms with E-state index in [1.54, 1.807) is 26.8 Å². The average Bonchev–Trinajstić information content (AvgIpc) is 3.32. The number of hydrogen-bond donors (Lipinski definition) is 2. The molecule has 8 nitrogen and oxygen atoms in total. The number of cyclic esters (lactones) is 1. The lowest BCUT2D eigenvalue weighted by Crippen LogP contribution is -2.46. The summed E-state index contributed by atoms with van der Waals surface area (Å²) in [6, 6.07) is 5.53. The van der Waals surface area contributed by atoms with Crippen LogP contribution >= 0.6 is 0 Å². The number of fused-ring (bicyclic) bond motifs is 2. The van der Waals surface area contributed by atoms with Gasteiger partial charge in [-0.3, -0.25) is 9.59 Å². The number of benzene rings is 1. The third kappa shape index (κ3) is 5.87. The topological polar surface area (TPSA) is 122 Å². The lowest BCUT2D eigenvalue weighted by molar-refractivity contribution is -0.156. The highest BCUT2D eigenvalue weighted by molar-refractivity contribution is 5.88. The summed E-state index contributed by atoms with van der Waals surface area (Å²) >= 11 is 0. The second-order valence-electron chi connectivity index (χ2n) is 11.9. The molecule has 2 aliphatic heterocycles. The van der Waals surface area contributed by atoms with E-state index in [-0.39, 0.29) is 29.8 Å². The number of aliphatic hydroxyl groups excluding tert-OH is 2. The van der Waals surface area contributed by atoms with E-state index in [0.717, 1.165) is 24.8 Å². The Hall–Kier alpha value is -2.55. The number of ether oxygens (including phenoxy) is 2. The van der Waals surface area contributed by atoms with Crippen LogP contribution in [0.25, 0.3) is 11.1 Å². The lowest BCUT2D eigenvalue weighted by atomic mass is 9.71. The van der Waals surface area contributed by atoms with Gasteiger partial charge in [0.15, 0.2) is 11.5 Å². The molecule has 2 aliphatic rings. The minimum Gasteiger partial charge on any atom is -0.457 e. The number of ketones is 1. The van der Waals surface area contributed by atoms with Crippen molar-refractivity contribution in [2.24, 2.45) is 17.3 Å². The third-order valence-electron chi connectivity index (χ3n) is 8.54. The number of carbonyl (C=O) groups is 2. The van der Waals surface area contributed by atoms with Gasteiger partial charge in [0.05, 0.1) is 35.7 Å². The van der Waals surface area contributed by atoms with E-state index in [1.807, 2.05) is 25.1 Å². The van der Waals surface area contributed by atoms with Gasteiger partial charge in [-0.25, -0.2) is 4.98 Å². The van der Waals surface area contributed by atoms with Crippen molar-refractivity contribution in [1.82, 2.24) is 4.98 Å². The molecule has 0 radical (unpaired) electrons. The molecule has 2 saturated heterocycles. The Balaban J connectivity index is 1.63. The first kappa shape index (κ1) is 28.5. The number of allylic oxidation sites excluding steroid dienone is 1. The van der Waals surface area contributed by atoms with E-state index in [4.69, 9.17) is 13.9 Å². The van der Waals surface area contributed by atoms with Gasteiger partial charge in [0.1, 0.15) is 17.4 Å². The molecular formula is C30H41NO7. The smallest absolute Gasteiger partial charge is 0.309 e. The second-order valence-corrected chi connectivity index (χ2v) is 11.9. The van der Waals surface area contributed by atoms with Gasteiger partial charge in [-0.1, -0.05) is 39.3 Å². The van der Waals surface area contributed by atoms with E-state index >= 15 is 0 Å². The maximum Gasteiger partial charge on any atom is 0.309 e. The average molecular weight is 528 g/mol. The standard InChI is InChI=1S/C30H41NO7/c1-7-9-20-27(34)17(2)10-8-13-30(6)25(38-30)15-23(19-11-12-22-21(14-19)31-18(3)36-22)37-26(33)16-24(32)29(4,5)28(20)35/h7,11-12,14,17,20,23-25,27,32,34H,1,8-10,13,15-16H2,2-6H3/t17-,20+,23-,24-,25+,27-,30-/m0/s1. The van der Waals surface area contributed by atoms with Crippen LogP contribution in [0.2, 0.25) is 0 Å². The number of hydrogen-bond acceptors (Lipinski definition) is 8. The van der Waals surface area contributed by atoms with Crippen molar-refractivity contribution in [2.75, 3.05) is 0 Å². The molecule has 0 amide bonds. The van der Waals surface area contributed by atoms with Crippen LogP contribution < -0.4 is 0 Å². The number of carbonyl (C=O) groups excluding carboxylic acids is 2. The normalized spacial score (nSPS) is 34.9. The minimum atomic E-state index is -1.28. The summed E-state index contributed by atoms with van der Waals surface area (Å²) < 4.78 is 17.6. The number of Topliss-reactive ketones (excluding diaryl/α,β-unsaturated/α-hetero) is 1. The first-order valence-corrected chi connectivity index (χ1v) is 13.6. The lowest BCUT2D eigenvalue weighted by Gasteiger charge is -2.35. The van der Waals surface area contributed by atoms with E-state index < -0.39 is 35.6 Å². The molecule has 0 unspecified atom stereocenters. The largest absolute Gasteiger partial charge is 0.457 e. The van der Waals surface area contributed by atoms with Crippen molar-refractivity contribution in [3.8, 4) is 0 Å². The van der Waals surface area contributed by atoms with Crippen LogP contribution in [0.5, 0.6) is 0 Å². The zero-order valence-electron chi connectivity index (χ0n) is 23.1. The number of aromatic nitrogens is 1. The van der Waals surface area contributed by atoms with Crippen molar-refractivity contribution in [3.05, 3.63) is 42.3 Å². The van der Waals surface area contributed by atoms with Gasteiger partial charge >= 0.3 is 5.97 Å². The van der Waals surface area contributed by atoms with Crippen molar-refractivity contribution < 1.29 is 33.7 Å². The zero-order chi connectivity index (χ0) is 27.8. The first-order chi connectivity index (χ1) is 17.9. The summed E-state index contributed by atoms with van der Waals surface area (Å²) in [5, 5.41) is 22.2. The fourth-order valence-corrected chi connectivity index (χ4v) is 5.70. The van der Waals surface area contributed by atoms with Gasteiger partial charge in [0, 0.05) is 19.3 Å². The van der Waals surface area contributed by atoms with E-state index in [1.165, 1.54) is 0 Å². The quantitative estimate of drug-likeness (QED) is 0.325. The van der Waals surface area contributed by atoms with Crippen LogP contribution in [0.1, 0.15) is 83.8 Å². The van der Waals surface area contributed by atoms with Crippen LogP contribution in [0, 0.1) is 24.2 Å². The van der Waals surface area contributed by atoms with E-state index in [0.29, 0.717) is 29.8 Å². The molecule has 4 rings (SSSR count). The Morgan fingerprint density at radius 2 is 1.95 bits per heavy atom. The van der Waals surface area contributed by atoms with Crippen LogP contribution in [-0.4, -0.2) is 50.9 Å². The maximum absolute atomic E-state index is 13.6. The van der Waals surface area contributed by atoms with Crippen molar-refractivity contribution in [3.63, 3.8) is 0 Å². The summed E-state index contributed by atoms with van der Waals surface area (Å²) in [5.41, 5.74) is 0.481. The highest BCUT2D eigenvalue weighted by Crippen LogP contribution is 2.47. The van der Waals surface area contributed by atoms with Crippen LogP contribution in [-0.2, 0) is 19.1 Å². The third-order valence-corrected chi connectivity index (χ3v) is 8.54. The van der Waals surface area contributed by atoms with E-state index in [9.17, 15) is 19.8 Å². The number of aryl methyl sites for hydroxylation is 1. The molecule has 1 aromatic heterocycles. The number of epoxide rings is 1. The molecule has 8 heteroatoms. The monoisotopic (exact) mass is 527 g/mol. The Kier molecular flexibility index (Phi) is 8.17. The van der Waals surface area contributed by atoms with Gasteiger partial charge < -0.3 is 24.1 Å². The van der Waals surface area contributed by atoms with Gasteiger partial charge in [-0.15, -0.1) is 6.58 Å². The number of nitrogens with zero attached hydrogens (tertiary/aromatic N) is 1. The molecule has 0 bridgehead atoms. The highest BCUT2D eigenvalue weighted by atomic mass is 16.6. The molecule has 2 aromatic rings. The molecule has 0 aliphatic carbocycles. The molecular weight excluding hydrogens is 486 g/mol. The zero-order valence-corrected chi connectivity index (χ0v) is 23.1. The molecule has 7 atom stereocenters. The summed E-state index contributed by atoms with van der Waals surface area (Å²) in [4.78, 5) is 31.1. The predicted molar refractivity (Wildman–Crippen MR) is 142 cm³/mol. The van der Waals surface area contributed by atoms with Crippen molar-refractivity contribution in [2.45, 2.75) is 103 Å². The number of esters is 1. The second kappa shape index (κ2) is 10.9. The van der Waals surface area contributed by atoms with Crippen LogP contribution in [0.15, 0.2) is 35.3 Å². The molecule has 3 heterocycles. The molecule has 0 spiro atoms.